The lowest BCUT2D eigenvalue weighted by atomic mass is 10.1. The van der Waals surface area contributed by atoms with Gasteiger partial charge in [-0.15, -0.1) is 0 Å². The Morgan fingerprint density at radius 2 is 1.79 bits per heavy atom. The Labute approximate surface area is 180 Å². The van der Waals surface area contributed by atoms with Gasteiger partial charge in [0, 0.05) is 49.9 Å². The van der Waals surface area contributed by atoms with E-state index in [1.54, 1.807) is 11.1 Å². The van der Waals surface area contributed by atoms with Gasteiger partial charge < -0.3 is 10.2 Å². The van der Waals surface area contributed by atoms with Crippen LogP contribution in [0.4, 0.5) is 0 Å². The second-order valence-corrected chi connectivity index (χ2v) is 7.97. The van der Waals surface area contributed by atoms with Crippen molar-refractivity contribution in [2.24, 2.45) is 0 Å². The Bertz CT molecular complexity index is 883. The van der Waals surface area contributed by atoms with Crippen molar-refractivity contribution >= 4 is 21.8 Å². The van der Waals surface area contributed by atoms with Crippen molar-refractivity contribution in [3.8, 4) is 6.07 Å². The predicted molar refractivity (Wildman–Crippen MR) is 118 cm³/mol. The van der Waals surface area contributed by atoms with Crippen LogP contribution in [0.1, 0.15) is 11.1 Å². The molecule has 5 nitrogen and oxygen atoms in total. The first kappa shape index (κ1) is 21.1. The van der Waals surface area contributed by atoms with Crippen LogP contribution in [-0.4, -0.2) is 48.4 Å². The van der Waals surface area contributed by atoms with E-state index < -0.39 is 0 Å². The Hall–Kier alpha value is -2.62. The molecule has 1 amide bonds. The second kappa shape index (κ2) is 10.8. The molecule has 1 aliphatic heterocycles. The number of carbonyl (C=O) groups excluding carboxylic acids is 1. The number of halogens is 1. The molecule has 0 aromatic heterocycles. The van der Waals surface area contributed by atoms with Crippen molar-refractivity contribution < 1.29 is 4.79 Å². The fourth-order valence-corrected chi connectivity index (χ4v) is 3.79. The first-order valence-electron chi connectivity index (χ1n) is 9.79. The van der Waals surface area contributed by atoms with E-state index in [0.717, 1.165) is 30.5 Å². The minimum Gasteiger partial charge on any atom is -0.389 e. The summed E-state index contributed by atoms with van der Waals surface area (Å²) in [7, 11) is 0. The predicted octanol–water partition coefficient (Wildman–Crippen LogP) is 3.33. The summed E-state index contributed by atoms with van der Waals surface area (Å²) in [5, 5.41) is 12.5. The largest absolute Gasteiger partial charge is 0.389 e. The average Bonchev–Trinajstić information content (AvgIpc) is 2.75. The zero-order valence-corrected chi connectivity index (χ0v) is 17.9. The van der Waals surface area contributed by atoms with E-state index in [-0.39, 0.29) is 11.5 Å². The van der Waals surface area contributed by atoms with Gasteiger partial charge in [0.05, 0.1) is 0 Å². The highest BCUT2D eigenvalue weighted by Crippen LogP contribution is 2.12. The first-order chi connectivity index (χ1) is 14.2. The Morgan fingerprint density at radius 1 is 1.07 bits per heavy atom. The molecule has 1 fully saturated rings. The van der Waals surface area contributed by atoms with E-state index in [1.807, 2.05) is 36.4 Å². The van der Waals surface area contributed by atoms with Crippen LogP contribution in [0, 0.1) is 11.3 Å². The molecular weight excluding hydrogens is 428 g/mol. The number of piperazine rings is 1. The van der Waals surface area contributed by atoms with E-state index in [1.165, 1.54) is 11.1 Å². The molecule has 2 aromatic carbocycles. The van der Waals surface area contributed by atoms with Gasteiger partial charge >= 0.3 is 0 Å². The van der Waals surface area contributed by atoms with Crippen molar-refractivity contribution in [1.82, 2.24) is 15.1 Å². The number of hydrogen-bond donors (Lipinski definition) is 1. The van der Waals surface area contributed by atoms with Crippen LogP contribution in [0.5, 0.6) is 0 Å². The van der Waals surface area contributed by atoms with Gasteiger partial charge in [-0.25, -0.2) is 0 Å². The van der Waals surface area contributed by atoms with Gasteiger partial charge in [0.25, 0.3) is 5.91 Å². The fraction of sp³-hybridized carbons (Fsp3) is 0.304. The summed E-state index contributed by atoms with van der Waals surface area (Å²) in [4.78, 5) is 16.8. The molecule has 2 aromatic rings. The molecular formula is C23H25BrN4O. The molecule has 150 valence electrons. The van der Waals surface area contributed by atoms with Gasteiger partial charge in [0.2, 0.25) is 0 Å². The van der Waals surface area contributed by atoms with Crippen LogP contribution in [0.15, 0.2) is 70.8 Å². The van der Waals surface area contributed by atoms with Crippen LogP contribution in [0.3, 0.4) is 0 Å². The smallest absolute Gasteiger partial charge is 0.266 e. The maximum atomic E-state index is 12.7. The topological polar surface area (TPSA) is 59.4 Å². The Kier molecular flexibility index (Phi) is 7.85. The van der Waals surface area contributed by atoms with Crippen molar-refractivity contribution in [1.29, 1.82) is 5.26 Å². The van der Waals surface area contributed by atoms with E-state index >= 15 is 0 Å². The van der Waals surface area contributed by atoms with Crippen molar-refractivity contribution in [3.05, 3.63) is 82.0 Å². The fourth-order valence-electron chi connectivity index (χ4n) is 3.35. The molecule has 0 spiro atoms. The van der Waals surface area contributed by atoms with E-state index in [2.05, 4.69) is 50.4 Å². The number of rotatable bonds is 7. The monoisotopic (exact) mass is 452 g/mol. The summed E-state index contributed by atoms with van der Waals surface area (Å²) in [6.07, 6.45) is 2.37. The van der Waals surface area contributed by atoms with Crippen LogP contribution < -0.4 is 5.32 Å². The molecule has 6 heteroatoms. The minimum atomic E-state index is -0.193. The normalized spacial score (nSPS) is 15.0. The molecule has 29 heavy (non-hydrogen) atoms. The van der Waals surface area contributed by atoms with E-state index in [9.17, 15) is 10.1 Å². The lowest BCUT2D eigenvalue weighted by Gasteiger charge is -2.34. The highest BCUT2D eigenvalue weighted by Gasteiger charge is 2.23. The number of nitrogens with one attached hydrogen (secondary N) is 1. The molecule has 1 N–H and O–H groups in total. The summed E-state index contributed by atoms with van der Waals surface area (Å²) >= 11 is 3.46. The van der Waals surface area contributed by atoms with Gasteiger partial charge in [-0.2, -0.15) is 5.26 Å². The quantitative estimate of drug-likeness (QED) is 0.397. The number of nitrogens with zero attached hydrogens (tertiary/aromatic N) is 3. The third-order valence-corrected chi connectivity index (χ3v) is 5.45. The number of carbonyl (C=O) groups is 1. The zero-order chi connectivity index (χ0) is 20.5. The summed E-state index contributed by atoms with van der Waals surface area (Å²) in [6, 6.07) is 20.5. The molecule has 1 heterocycles. The molecule has 0 unspecified atom stereocenters. The van der Waals surface area contributed by atoms with Gasteiger partial charge in [-0.1, -0.05) is 58.4 Å². The third kappa shape index (κ3) is 6.45. The molecule has 0 saturated carbocycles. The number of amides is 1. The Morgan fingerprint density at radius 3 is 2.48 bits per heavy atom. The standard InChI is InChI=1S/C23H25BrN4O/c24-22-8-4-7-19(15-22)9-10-26-17-21(16-25)23(29)28-13-11-27(12-14-28)18-20-5-2-1-3-6-20/h1-8,15,17,26H,9-14,18H2/b21-17-. The number of hydrogen-bond acceptors (Lipinski definition) is 4. The summed E-state index contributed by atoms with van der Waals surface area (Å²) in [5.74, 6) is -0.193. The van der Waals surface area contributed by atoms with Gasteiger partial charge in [0.15, 0.2) is 0 Å². The maximum absolute atomic E-state index is 12.7. The van der Waals surface area contributed by atoms with Crippen molar-refractivity contribution in [2.75, 3.05) is 32.7 Å². The lowest BCUT2D eigenvalue weighted by molar-refractivity contribution is -0.128. The summed E-state index contributed by atoms with van der Waals surface area (Å²) < 4.78 is 1.05. The summed E-state index contributed by atoms with van der Waals surface area (Å²) in [5.41, 5.74) is 2.63. The number of benzene rings is 2. The summed E-state index contributed by atoms with van der Waals surface area (Å²) in [6.45, 7) is 4.47. The van der Waals surface area contributed by atoms with Gasteiger partial charge in [-0.05, 0) is 29.7 Å². The highest BCUT2D eigenvalue weighted by molar-refractivity contribution is 9.10. The van der Waals surface area contributed by atoms with E-state index in [4.69, 9.17) is 0 Å². The van der Waals surface area contributed by atoms with Gasteiger partial charge in [0.1, 0.15) is 11.6 Å². The van der Waals surface area contributed by atoms with E-state index in [0.29, 0.717) is 19.6 Å². The molecule has 3 rings (SSSR count). The van der Waals surface area contributed by atoms with Gasteiger partial charge in [-0.3, -0.25) is 9.69 Å². The minimum absolute atomic E-state index is 0.163. The lowest BCUT2D eigenvalue weighted by Crippen LogP contribution is -2.48. The molecule has 0 atom stereocenters. The van der Waals surface area contributed by atoms with Crippen LogP contribution in [0.2, 0.25) is 0 Å². The van der Waals surface area contributed by atoms with Crippen LogP contribution in [0.25, 0.3) is 0 Å². The van der Waals surface area contributed by atoms with Crippen LogP contribution >= 0.6 is 15.9 Å². The molecule has 1 aliphatic rings. The molecule has 0 bridgehead atoms. The zero-order valence-electron chi connectivity index (χ0n) is 16.4. The van der Waals surface area contributed by atoms with Crippen molar-refractivity contribution in [2.45, 2.75) is 13.0 Å². The highest BCUT2D eigenvalue weighted by atomic mass is 79.9. The third-order valence-electron chi connectivity index (χ3n) is 4.95. The average molecular weight is 453 g/mol. The molecule has 1 saturated heterocycles. The molecule has 0 aliphatic carbocycles. The van der Waals surface area contributed by atoms with Crippen LogP contribution in [-0.2, 0) is 17.8 Å². The first-order valence-corrected chi connectivity index (χ1v) is 10.6. The second-order valence-electron chi connectivity index (χ2n) is 7.06. The Balaban J connectivity index is 1.45. The SMILES string of the molecule is N#C/C(=C/NCCc1cccc(Br)c1)C(=O)N1CCN(Cc2ccccc2)CC1. The maximum Gasteiger partial charge on any atom is 0.266 e. The number of nitriles is 1. The molecule has 0 radical (unpaired) electrons. The van der Waals surface area contributed by atoms with Crippen molar-refractivity contribution in [3.63, 3.8) is 0 Å².